The fraction of sp³-hybridized carbons (Fsp3) is 0.632. The summed E-state index contributed by atoms with van der Waals surface area (Å²) < 4.78 is 5.26. The molecule has 0 saturated carbocycles. The monoisotopic (exact) mass is 489 g/mol. The molecule has 152 valence electrons. The molecule has 0 atom stereocenters. The molecule has 1 aliphatic heterocycles. The zero-order valence-electron chi connectivity index (χ0n) is 16.4. The molecule has 7 nitrogen and oxygen atoms in total. The Hall–Kier alpha value is -1.58. The van der Waals surface area contributed by atoms with E-state index >= 15 is 0 Å². The molecule has 1 saturated heterocycles. The lowest BCUT2D eigenvalue weighted by Crippen LogP contribution is -2.39. The lowest BCUT2D eigenvalue weighted by molar-refractivity contribution is -0.130. The van der Waals surface area contributed by atoms with E-state index in [-0.39, 0.29) is 24.0 Å². The van der Waals surface area contributed by atoms with Crippen LogP contribution >= 0.6 is 24.0 Å². The van der Waals surface area contributed by atoms with E-state index in [1.54, 1.807) is 13.3 Å². The van der Waals surface area contributed by atoms with Gasteiger partial charge in [0.25, 0.3) is 0 Å². The number of nitrogens with one attached hydrogen (secondary N) is 2. The summed E-state index contributed by atoms with van der Waals surface area (Å²) in [6.45, 7) is 5.81. The zero-order valence-corrected chi connectivity index (χ0v) is 18.7. The minimum absolute atomic E-state index is 0. The van der Waals surface area contributed by atoms with Crippen LogP contribution in [0.15, 0.2) is 23.3 Å². The minimum atomic E-state index is 0. The molecule has 1 aromatic rings. The summed E-state index contributed by atoms with van der Waals surface area (Å²) in [6.07, 6.45) is 6.63. The molecule has 0 radical (unpaired) electrons. The van der Waals surface area contributed by atoms with Gasteiger partial charge in [0.15, 0.2) is 5.96 Å². The Morgan fingerprint density at radius 2 is 2.19 bits per heavy atom. The normalized spacial score (nSPS) is 15.0. The van der Waals surface area contributed by atoms with Crippen molar-refractivity contribution in [1.82, 2.24) is 20.5 Å². The fourth-order valence-electron chi connectivity index (χ4n) is 2.99. The number of amides is 1. The number of pyridine rings is 1. The van der Waals surface area contributed by atoms with Crippen molar-refractivity contribution in [3.8, 4) is 5.88 Å². The summed E-state index contributed by atoms with van der Waals surface area (Å²) in [5.41, 5.74) is 0.947. The Morgan fingerprint density at radius 3 is 2.96 bits per heavy atom. The molecule has 1 amide bonds. The first-order valence-electron chi connectivity index (χ1n) is 9.52. The number of carbonyl (C=O) groups excluding carboxylic acids is 1. The second kappa shape index (κ2) is 13.6. The molecule has 27 heavy (non-hydrogen) atoms. The number of hydrogen-bond acceptors (Lipinski definition) is 4. The van der Waals surface area contributed by atoms with E-state index in [9.17, 15) is 4.79 Å². The summed E-state index contributed by atoms with van der Waals surface area (Å²) >= 11 is 0. The van der Waals surface area contributed by atoms with Crippen molar-refractivity contribution >= 4 is 35.8 Å². The van der Waals surface area contributed by atoms with Crippen molar-refractivity contribution in [2.45, 2.75) is 45.6 Å². The first-order valence-corrected chi connectivity index (χ1v) is 9.52. The minimum Gasteiger partial charge on any atom is -0.481 e. The highest BCUT2D eigenvalue weighted by atomic mass is 127. The maximum Gasteiger partial charge on any atom is 0.222 e. The number of carbonyl (C=O) groups is 1. The van der Waals surface area contributed by atoms with Gasteiger partial charge in [0.1, 0.15) is 0 Å². The van der Waals surface area contributed by atoms with Crippen LogP contribution in [0.3, 0.4) is 0 Å². The van der Waals surface area contributed by atoms with Crippen LogP contribution in [0.1, 0.15) is 44.6 Å². The number of guanidine groups is 1. The topological polar surface area (TPSA) is 78.9 Å². The van der Waals surface area contributed by atoms with Crippen LogP contribution in [0.5, 0.6) is 5.88 Å². The third kappa shape index (κ3) is 8.32. The molecular weight excluding hydrogens is 457 g/mol. The Kier molecular flexibility index (Phi) is 11.8. The number of nitrogens with zero attached hydrogens (tertiary/aromatic N) is 3. The predicted molar refractivity (Wildman–Crippen MR) is 119 cm³/mol. The fourth-order valence-corrected chi connectivity index (χ4v) is 2.99. The van der Waals surface area contributed by atoms with Crippen molar-refractivity contribution in [3.63, 3.8) is 0 Å². The van der Waals surface area contributed by atoms with E-state index in [1.165, 1.54) is 0 Å². The van der Waals surface area contributed by atoms with E-state index in [4.69, 9.17) is 4.74 Å². The molecule has 0 unspecified atom stereocenters. The summed E-state index contributed by atoms with van der Waals surface area (Å²) in [5, 5.41) is 6.58. The molecule has 1 aliphatic rings. The second-order valence-corrected chi connectivity index (χ2v) is 6.34. The van der Waals surface area contributed by atoms with Gasteiger partial charge in [-0.2, -0.15) is 0 Å². The number of aliphatic imine (C=N–C) groups is 1. The average Bonchev–Trinajstić information content (AvgIpc) is 2.87. The van der Waals surface area contributed by atoms with Crippen molar-refractivity contribution in [1.29, 1.82) is 0 Å². The van der Waals surface area contributed by atoms with Crippen LogP contribution in [-0.4, -0.2) is 55.0 Å². The average molecular weight is 489 g/mol. The summed E-state index contributed by atoms with van der Waals surface area (Å²) in [4.78, 5) is 22.8. The molecule has 0 aromatic carbocycles. The number of ether oxygens (including phenoxy) is 1. The van der Waals surface area contributed by atoms with Gasteiger partial charge in [-0.05, 0) is 32.3 Å². The number of hydrogen-bond donors (Lipinski definition) is 2. The number of rotatable bonds is 8. The molecule has 0 spiro atoms. The molecule has 0 aliphatic carbocycles. The van der Waals surface area contributed by atoms with Crippen molar-refractivity contribution in [2.75, 3.05) is 33.3 Å². The van der Waals surface area contributed by atoms with Gasteiger partial charge in [0.2, 0.25) is 11.8 Å². The first kappa shape index (κ1) is 23.5. The van der Waals surface area contributed by atoms with Crippen molar-refractivity contribution in [2.24, 2.45) is 4.99 Å². The Labute approximate surface area is 179 Å². The van der Waals surface area contributed by atoms with Crippen LogP contribution in [0.25, 0.3) is 0 Å². The molecular formula is C19H32IN5O2. The van der Waals surface area contributed by atoms with E-state index in [2.05, 4.69) is 20.6 Å². The molecule has 0 bridgehead atoms. The van der Waals surface area contributed by atoms with Gasteiger partial charge in [-0.3, -0.25) is 4.79 Å². The van der Waals surface area contributed by atoms with Gasteiger partial charge in [-0.1, -0.05) is 12.5 Å². The standard InChI is InChI=1S/C19H31N5O2.HI/c1-3-20-19(23-15-16-9-7-11-21-18(16)26-2)22-12-8-14-24-13-6-4-5-10-17(24)25;/h7,9,11H,3-6,8,10,12-15H2,1-2H3,(H2,20,22,23);1H. The summed E-state index contributed by atoms with van der Waals surface area (Å²) in [6, 6.07) is 3.84. The van der Waals surface area contributed by atoms with Gasteiger partial charge in [-0.15, -0.1) is 24.0 Å². The smallest absolute Gasteiger partial charge is 0.222 e. The quantitative estimate of drug-likeness (QED) is 0.254. The highest BCUT2D eigenvalue weighted by molar-refractivity contribution is 14.0. The van der Waals surface area contributed by atoms with Gasteiger partial charge in [0, 0.05) is 44.4 Å². The third-order valence-electron chi connectivity index (χ3n) is 4.36. The van der Waals surface area contributed by atoms with E-state index in [1.807, 2.05) is 24.0 Å². The molecule has 1 aromatic heterocycles. The second-order valence-electron chi connectivity index (χ2n) is 6.34. The first-order chi connectivity index (χ1) is 12.7. The number of methoxy groups -OCH3 is 1. The van der Waals surface area contributed by atoms with Crippen molar-refractivity contribution < 1.29 is 9.53 Å². The van der Waals surface area contributed by atoms with Crippen LogP contribution in [0, 0.1) is 0 Å². The van der Waals surface area contributed by atoms with Crippen molar-refractivity contribution in [3.05, 3.63) is 23.9 Å². The lowest BCUT2D eigenvalue weighted by Gasteiger charge is -2.20. The SMILES string of the molecule is CCNC(=NCc1cccnc1OC)NCCCN1CCCCCC1=O.I. The largest absolute Gasteiger partial charge is 0.481 e. The Bertz CT molecular complexity index is 597. The Balaban J connectivity index is 0.00000364. The van der Waals surface area contributed by atoms with E-state index in [0.29, 0.717) is 24.8 Å². The zero-order chi connectivity index (χ0) is 18.6. The maximum atomic E-state index is 12.0. The van der Waals surface area contributed by atoms with E-state index < -0.39 is 0 Å². The van der Waals surface area contributed by atoms with Gasteiger partial charge in [0.05, 0.1) is 13.7 Å². The summed E-state index contributed by atoms with van der Waals surface area (Å²) in [7, 11) is 1.61. The van der Waals surface area contributed by atoms with Crippen LogP contribution in [-0.2, 0) is 11.3 Å². The van der Waals surface area contributed by atoms with Gasteiger partial charge < -0.3 is 20.3 Å². The molecule has 2 heterocycles. The van der Waals surface area contributed by atoms with Crippen LogP contribution in [0.2, 0.25) is 0 Å². The number of halogens is 1. The highest BCUT2D eigenvalue weighted by Gasteiger charge is 2.15. The van der Waals surface area contributed by atoms with Crippen LogP contribution in [0.4, 0.5) is 0 Å². The van der Waals surface area contributed by atoms with Crippen LogP contribution < -0.4 is 15.4 Å². The molecule has 8 heteroatoms. The lowest BCUT2D eigenvalue weighted by atomic mass is 10.2. The molecule has 1 fully saturated rings. The van der Waals surface area contributed by atoms with Gasteiger partial charge in [-0.25, -0.2) is 9.98 Å². The number of likely N-dealkylation sites (tertiary alicyclic amines) is 1. The molecule has 2 N–H and O–H groups in total. The summed E-state index contributed by atoms with van der Waals surface area (Å²) in [5.74, 6) is 1.67. The molecule has 2 rings (SSSR count). The predicted octanol–water partition coefficient (Wildman–Crippen LogP) is 2.56. The third-order valence-corrected chi connectivity index (χ3v) is 4.36. The Morgan fingerprint density at radius 1 is 1.33 bits per heavy atom. The van der Waals surface area contributed by atoms with Gasteiger partial charge >= 0.3 is 0 Å². The maximum absolute atomic E-state index is 12.0. The van der Waals surface area contributed by atoms with E-state index in [0.717, 1.165) is 63.4 Å². The number of aromatic nitrogens is 1. The highest BCUT2D eigenvalue weighted by Crippen LogP contribution is 2.14.